The number of sulfonamides is 1. The number of carboxylic acid groups (broad SMARTS) is 1. The third-order valence-electron chi connectivity index (χ3n) is 3.58. The molecule has 1 N–H and O–H groups in total. The predicted molar refractivity (Wildman–Crippen MR) is 69.8 cm³/mol. The molecule has 0 radical (unpaired) electrons. The lowest BCUT2D eigenvalue weighted by molar-refractivity contribution is -0.152. The van der Waals surface area contributed by atoms with Crippen molar-refractivity contribution in [2.45, 2.75) is 32.6 Å². The Bertz CT molecular complexity index is 408. The van der Waals surface area contributed by atoms with Gasteiger partial charge in [0, 0.05) is 13.1 Å². The number of carbonyl (C=O) groups is 1. The molecule has 0 atom stereocenters. The van der Waals surface area contributed by atoms with Gasteiger partial charge in [-0.15, -0.1) is 6.58 Å². The Morgan fingerprint density at radius 3 is 2.39 bits per heavy atom. The van der Waals surface area contributed by atoms with E-state index in [1.54, 1.807) is 0 Å². The number of rotatable bonds is 6. The molecule has 0 aromatic heterocycles. The van der Waals surface area contributed by atoms with Crippen LogP contribution in [0.15, 0.2) is 12.7 Å². The zero-order valence-corrected chi connectivity index (χ0v) is 11.6. The van der Waals surface area contributed by atoms with Crippen LogP contribution in [0.25, 0.3) is 0 Å². The minimum atomic E-state index is -3.30. The van der Waals surface area contributed by atoms with Gasteiger partial charge in [0.05, 0.1) is 11.2 Å². The summed E-state index contributed by atoms with van der Waals surface area (Å²) in [6.45, 7) is 5.97. The molecule has 5 nitrogen and oxygen atoms in total. The van der Waals surface area contributed by atoms with E-state index in [2.05, 4.69) is 6.58 Å². The van der Waals surface area contributed by atoms with Crippen LogP contribution >= 0.6 is 0 Å². The van der Waals surface area contributed by atoms with Crippen LogP contribution in [0.2, 0.25) is 0 Å². The molecule has 0 aromatic rings. The molecule has 104 valence electrons. The summed E-state index contributed by atoms with van der Waals surface area (Å²) in [5.74, 6) is -0.883. The van der Waals surface area contributed by atoms with Gasteiger partial charge < -0.3 is 5.11 Å². The normalized spacial score (nSPS) is 20.5. The molecule has 1 rings (SSSR count). The lowest BCUT2D eigenvalue weighted by Gasteiger charge is -2.38. The van der Waals surface area contributed by atoms with Crippen molar-refractivity contribution in [1.82, 2.24) is 4.31 Å². The molecule has 18 heavy (non-hydrogen) atoms. The van der Waals surface area contributed by atoms with Crippen molar-refractivity contribution < 1.29 is 18.3 Å². The van der Waals surface area contributed by atoms with Gasteiger partial charge in [0.1, 0.15) is 0 Å². The molecule has 0 saturated carbocycles. The van der Waals surface area contributed by atoms with Crippen LogP contribution in [0.1, 0.15) is 32.6 Å². The zero-order valence-electron chi connectivity index (χ0n) is 10.8. The van der Waals surface area contributed by atoms with E-state index < -0.39 is 21.4 Å². The summed E-state index contributed by atoms with van der Waals surface area (Å²) in [6.07, 6.45) is 3.56. The summed E-state index contributed by atoms with van der Waals surface area (Å²) < 4.78 is 25.0. The molecule has 0 amide bonds. The first-order valence-electron chi connectivity index (χ1n) is 6.20. The van der Waals surface area contributed by atoms with Crippen molar-refractivity contribution in [1.29, 1.82) is 0 Å². The van der Waals surface area contributed by atoms with Gasteiger partial charge in [-0.25, -0.2) is 12.7 Å². The van der Waals surface area contributed by atoms with Crippen molar-refractivity contribution in [2.24, 2.45) is 5.41 Å². The van der Waals surface area contributed by atoms with Gasteiger partial charge in [0.2, 0.25) is 10.0 Å². The largest absolute Gasteiger partial charge is 0.481 e. The first-order valence-corrected chi connectivity index (χ1v) is 7.81. The molecule has 1 aliphatic rings. The average molecular weight is 275 g/mol. The average Bonchev–Trinajstić information content (AvgIpc) is 2.29. The zero-order chi connectivity index (χ0) is 13.8. The Balaban J connectivity index is 2.75. The van der Waals surface area contributed by atoms with Gasteiger partial charge in [-0.05, 0) is 19.3 Å². The minimum absolute atomic E-state index is 0.0825. The van der Waals surface area contributed by atoms with Crippen LogP contribution in [-0.4, -0.2) is 42.6 Å². The molecule has 0 aromatic carbocycles. The highest BCUT2D eigenvalue weighted by Crippen LogP contribution is 2.37. The monoisotopic (exact) mass is 275 g/mol. The lowest BCUT2D eigenvalue weighted by Crippen LogP contribution is -2.46. The first kappa shape index (κ1) is 15.2. The molecule has 6 heteroatoms. The smallest absolute Gasteiger partial charge is 0.309 e. The van der Waals surface area contributed by atoms with E-state index in [4.69, 9.17) is 0 Å². The van der Waals surface area contributed by atoms with Crippen LogP contribution in [-0.2, 0) is 14.8 Å². The van der Waals surface area contributed by atoms with Crippen molar-refractivity contribution >= 4 is 16.0 Å². The van der Waals surface area contributed by atoms with Gasteiger partial charge >= 0.3 is 5.97 Å². The van der Waals surface area contributed by atoms with Gasteiger partial charge in [-0.3, -0.25) is 4.79 Å². The van der Waals surface area contributed by atoms with Gasteiger partial charge in [0.15, 0.2) is 0 Å². The summed E-state index contributed by atoms with van der Waals surface area (Å²) in [7, 11) is -3.30. The molecular weight excluding hydrogens is 254 g/mol. The SMILES string of the molecule is C=CCS(=O)(=O)N1CCC(CCC)(C(=O)O)CC1. The maximum atomic E-state index is 11.8. The highest BCUT2D eigenvalue weighted by Gasteiger charge is 2.42. The van der Waals surface area contributed by atoms with E-state index in [0.29, 0.717) is 32.4 Å². The van der Waals surface area contributed by atoms with E-state index in [1.807, 2.05) is 6.92 Å². The fourth-order valence-corrected chi connectivity index (χ4v) is 3.74. The molecule has 1 aliphatic heterocycles. The standard InChI is InChI=1S/C12H21NO4S/c1-3-5-12(11(14)15)6-8-13(9-7-12)18(16,17)10-4-2/h4H,2-3,5-10H2,1H3,(H,14,15). The highest BCUT2D eigenvalue weighted by atomic mass is 32.2. The van der Waals surface area contributed by atoms with Crippen molar-refractivity contribution in [3.63, 3.8) is 0 Å². The maximum Gasteiger partial charge on any atom is 0.309 e. The number of hydrogen-bond acceptors (Lipinski definition) is 3. The van der Waals surface area contributed by atoms with E-state index >= 15 is 0 Å². The quantitative estimate of drug-likeness (QED) is 0.745. The Morgan fingerprint density at radius 1 is 1.44 bits per heavy atom. The van der Waals surface area contributed by atoms with Crippen LogP contribution < -0.4 is 0 Å². The second-order valence-corrected chi connectivity index (χ2v) is 6.82. The number of aliphatic carboxylic acids is 1. The summed E-state index contributed by atoms with van der Waals surface area (Å²) >= 11 is 0. The fraction of sp³-hybridized carbons (Fsp3) is 0.750. The third-order valence-corrected chi connectivity index (χ3v) is 5.39. The molecule has 1 fully saturated rings. The Kier molecular flexibility index (Phi) is 4.92. The summed E-state index contributed by atoms with van der Waals surface area (Å²) in [6, 6.07) is 0. The number of piperidine rings is 1. The van der Waals surface area contributed by atoms with Crippen molar-refractivity contribution in [3.05, 3.63) is 12.7 Å². The minimum Gasteiger partial charge on any atom is -0.481 e. The Hall–Kier alpha value is -0.880. The topological polar surface area (TPSA) is 74.7 Å². The molecule has 1 heterocycles. The number of carboxylic acids is 1. The summed E-state index contributed by atoms with van der Waals surface area (Å²) in [5, 5.41) is 9.33. The fourth-order valence-electron chi connectivity index (χ4n) is 2.50. The van der Waals surface area contributed by atoms with Crippen molar-refractivity contribution in [3.8, 4) is 0 Å². The van der Waals surface area contributed by atoms with E-state index in [0.717, 1.165) is 6.42 Å². The van der Waals surface area contributed by atoms with Gasteiger partial charge in [-0.1, -0.05) is 19.4 Å². The second-order valence-electron chi connectivity index (χ2n) is 4.80. The Labute approximate surface area is 109 Å². The van der Waals surface area contributed by atoms with Crippen molar-refractivity contribution in [2.75, 3.05) is 18.8 Å². The summed E-state index contributed by atoms with van der Waals surface area (Å²) in [5.41, 5.74) is -0.741. The van der Waals surface area contributed by atoms with E-state index in [-0.39, 0.29) is 5.75 Å². The molecule has 0 aliphatic carbocycles. The van der Waals surface area contributed by atoms with E-state index in [9.17, 15) is 18.3 Å². The van der Waals surface area contributed by atoms with Crippen LogP contribution in [0, 0.1) is 5.41 Å². The third kappa shape index (κ3) is 3.11. The summed E-state index contributed by atoms with van der Waals surface area (Å²) in [4.78, 5) is 11.4. The van der Waals surface area contributed by atoms with Crippen LogP contribution in [0.3, 0.4) is 0 Å². The van der Waals surface area contributed by atoms with Crippen LogP contribution in [0.5, 0.6) is 0 Å². The number of hydrogen-bond donors (Lipinski definition) is 1. The van der Waals surface area contributed by atoms with Crippen LogP contribution in [0.4, 0.5) is 0 Å². The highest BCUT2D eigenvalue weighted by molar-refractivity contribution is 7.89. The number of nitrogens with zero attached hydrogens (tertiary/aromatic N) is 1. The maximum absolute atomic E-state index is 11.8. The molecular formula is C12H21NO4S. The van der Waals surface area contributed by atoms with Gasteiger partial charge in [-0.2, -0.15) is 0 Å². The predicted octanol–water partition coefficient (Wildman–Crippen LogP) is 1.47. The molecule has 0 spiro atoms. The molecule has 1 saturated heterocycles. The van der Waals surface area contributed by atoms with Gasteiger partial charge in [0.25, 0.3) is 0 Å². The molecule has 0 bridgehead atoms. The second kappa shape index (κ2) is 5.84. The first-order chi connectivity index (χ1) is 8.38. The Morgan fingerprint density at radius 2 is 2.00 bits per heavy atom. The molecule has 0 unspecified atom stereocenters. The van der Waals surface area contributed by atoms with E-state index in [1.165, 1.54) is 10.4 Å². The lowest BCUT2D eigenvalue weighted by atomic mass is 9.75.